The number of amides is 2. The summed E-state index contributed by atoms with van der Waals surface area (Å²) < 4.78 is 5.51. The molecule has 2 aliphatic carbocycles. The summed E-state index contributed by atoms with van der Waals surface area (Å²) in [7, 11) is 0. The Morgan fingerprint density at radius 3 is 2.09 bits per heavy atom. The van der Waals surface area contributed by atoms with Crippen molar-refractivity contribution in [2.24, 2.45) is 5.92 Å². The smallest absolute Gasteiger partial charge is 0.408 e. The topological polar surface area (TPSA) is 105 Å². The molecule has 168 valence electrons. The summed E-state index contributed by atoms with van der Waals surface area (Å²) >= 11 is 0. The van der Waals surface area contributed by atoms with Crippen LogP contribution in [0.4, 0.5) is 4.79 Å². The third-order valence-electron chi connectivity index (χ3n) is 6.50. The maximum absolute atomic E-state index is 12.7. The summed E-state index contributed by atoms with van der Waals surface area (Å²) in [5.74, 6) is -1.76. The molecule has 4 rings (SSSR count). The molecule has 0 saturated heterocycles. The highest BCUT2D eigenvalue weighted by Crippen LogP contribution is 2.44. The summed E-state index contributed by atoms with van der Waals surface area (Å²) in [6.07, 6.45) is 1.79. The number of carbonyl (C=O) groups excluding carboxylic acids is 2. The Balaban J connectivity index is 1.38. The molecule has 1 saturated carbocycles. The molecule has 1 unspecified atom stereocenters. The number of alkyl carbamates (subject to hydrolysis) is 1. The number of rotatable bonds is 7. The summed E-state index contributed by atoms with van der Waals surface area (Å²) in [6.45, 7) is 3.20. The fraction of sp³-hybridized carbons (Fsp3) is 0.400. The van der Waals surface area contributed by atoms with Gasteiger partial charge in [0.25, 0.3) is 0 Å². The highest BCUT2D eigenvalue weighted by Gasteiger charge is 2.38. The first-order valence-electron chi connectivity index (χ1n) is 10.9. The number of fused-ring (bicyclic) bond motifs is 3. The van der Waals surface area contributed by atoms with Crippen LogP contribution in [-0.2, 0) is 14.3 Å². The largest absolute Gasteiger partial charge is 0.480 e. The molecule has 2 aromatic carbocycles. The lowest BCUT2D eigenvalue weighted by molar-refractivity contribution is -0.145. The number of ether oxygens (including phenoxy) is 1. The highest BCUT2D eigenvalue weighted by molar-refractivity contribution is 5.92. The van der Waals surface area contributed by atoms with Crippen LogP contribution in [0.1, 0.15) is 50.2 Å². The van der Waals surface area contributed by atoms with Gasteiger partial charge in [-0.05, 0) is 54.9 Å². The first kappa shape index (κ1) is 21.9. The van der Waals surface area contributed by atoms with Crippen LogP contribution in [0.5, 0.6) is 0 Å². The van der Waals surface area contributed by atoms with Crippen molar-refractivity contribution in [2.75, 3.05) is 6.61 Å². The number of benzene rings is 2. The second kappa shape index (κ2) is 8.65. The number of carbonyl (C=O) groups is 3. The van der Waals surface area contributed by atoms with Gasteiger partial charge in [0.2, 0.25) is 5.91 Å². The lowest BCUT2D eigenvalue weighted by atomic mass is 9.79. The van der Waals surface area contributed by atoms with Crippen molar-refractivity contribution in [3.8, 4) is 11.1 Å². The summed E-state index contributed by atoms with van der Waals surface area (Å²) in [5.41, 5.74) is 3.15. The van der Waals surface area contributed by atoms with Gasteiger partial charge in [-0.2, -0.15) is 0 Å². The normalized spacial score (nSPS) is 16.3. The molecule has 0 aromatic heterocycles. The summed E-state index contributed by atoms with van der Waals surface area (Å²) in [6, 6.07) is 15.1. The van der Waals surface area contributed by atoms with Gasteiger partial charge in [-0.25, -0.2) is 9.59 Å². The van der Waals surface area contributed by atoms with Crippen LogP contribution < -0.4 is 10.6 Å². The van der Waals surface area contributed by atoms with Gasteiger partial charge in [-0.1, -0.05) is 55.0 Å². The lowest BCUT2D eigenvalue weighted by Gasteiger charge is -2.34. The van der Waals surface area contributed by atoms with Crippen LogP contribution in [0.25, 0.3) is 11.1 Å². The number of aliphatic carboxylic acids is 1. The molecule has 0 radical (unpaired) electrons. The molecule has 1 fully saturated rings. The van der Waals surface area contributed by atoms with Crippen molar-refractivity contribution in [1.29, 1.82) is 0 Å². The highest BCUT2D eigenvalue weighted by atomic mass is 16.5. The van der Waals surface area contributed by atoms with Crippen LogP contribution in [0, 0.1) is 5.92 Å². The second-order valence-electron chi connectivity index (χ2n) is 9.06. The molecule has 2 aromatic rings. The van der Waals surface area contributed by atoms with Crippen molar-refractivity contribution in [3.05, 3.63) is 59.7 Å². The van der Waals surface area contributed by atoms with E-state index in [1.165, 1.54) is 13.8 Å². The number of carboxylic acid groups (broad SMARTS) is 1. The molecule has 2 aliphatic rings. The molecule has 0 spiro atoms. The van der Waals surface area contributed by atoms with Crippen molar-refractivity contribution < 1.29 is 24.2 Å². The number of nitrogens with one attached hydrogen (secondary N) is 2. The zero-order valence-electron chi connectivity index (χ0n) is 18.3. The Hall–Kier alpha value is -3.35. The van der Waals surface area contributed by atoms with E-state index in [1.54, 1.807) is 0 Å². The maximum Gasteiger partial charge on any atom is 0.408 e. The van der Waals surface area contributed by atoms with Crippen LogP contribution in [0.3, 0.4) is 0 Å². The monoisotopic (exact) mass is 436 g/mol. The zero-order valence-corrected chi connectivity index (χ0v) is 18.3. The molecular weight excluding hydrogens is 408 g/mol. The Morgan fingerprint density at radius 2 is 1.59 bits per heavy atom. The molecule has 1 atom stereocenters. The first-order chi connectivity index (χ1) is 15.3. The Labute approximate surface area is 187 Å². The van der Waals surface area contributed by atoms with Crippen molar-refractivity contribution in [1.82, 2.24) is 10.6 Å². The minimum atomic E-state index is -1.32. The van der Waals surface area contributed by atoms with E-state index in [0.717, 1.165) is 41.5 Å². The lowest BCUT2D eigenvalue weighted by Crippen LogP contribution is -2.59. The number of carboxylic acids is 1. The Morgan fingerprint density at radius 1 is 1.03 bits per heavy atom. The van der Waals surface area contributed by atoms with Crippen LogP contribution >= 0.6 is 0 Å². The summed E-state index contributed by atoms with van der Waals surface area (Å²) in [5, 5.41) is 14.6. The van der Waals surface area contributed by atoms with E-state index in [0.29, 0.717) is 0 Å². The fourth-order valence-electron chi connectivity index (χ4n) is 4.42. The van der Waals surface area contributed by atoms with Gasteiger partial charge in [0, 0.05) is 5.92 Å². The minimum absolute atomic E-state index is 0.0679. The summed E-state index contributed by atoms with van der Waals surface area (Å²) in [4.78, 5) is 36.8. The number of hydrogen-bond acceptors (Lipinski definition) is 4. The zero-order chi connectivity index (χ0) is 22.9. The van der Waals surface area contributed by atoms with Gasteiger partial charge in [-0.3, -0.25) is 4.79 Å². The van der Waals surface area contributed by atoms with Crippen LogP contribution in [0.15, 0.2) is 48.5 Å². The van der Waals surface area contributed by atoms with Gasteiger partial charge in [0.05, 0.1) is 0 Å². The van der Waals surface area contributed by atoms with Crippen LogP contribution in [0.2, 0.25) is 0 Å². The van der Waals surface area contributed by atoms with Gasteiger partial charge in [0.15, 0.2) is 0 Å². The van der Waals surface area contributed by atoms with E-state index < -0.39 is 29.6 Å². The molecular formula is C25H28N2O5. The second-order valence-corrected chi connectivity index (χ2v) is 9.06. The maximum atomic E-state index is 12.7. The quantitative estimate of drug-likeness (QED) is 0.614. The molecule has 3 N–H and O–H groups in total. The Bertz CT molecular complexity index is 999. The van der Waals surface area contributed by atoms with E-state index >= 15 is 0 Å². The van der Waals surface area contributed by atoms with Crippen molar-refractivity contribution in [2.45, 2.75) is 50.6 Å². The molecule has 7 heteroatoms. The van der Waals surface area contributed by atoms with Crippen LogP contribution in [-0.4, -0.2) is 41.3 Å². The van der Waals surface area contributed by atoms with Gasteiger partial charge >= 0.3 is 12.1 Å². The standard InChI is InChI=1S/C25H28N2O5/c1-25(2,23(30)26-21(22(28)29)15-8-7-9-15)27-24(31)32-14-20-18-12-5-3-10-16(18)17-11-4-6-13-19(17)20/h3-6,10-13,15,20-21H,7-9,14H2,1-2H3,(H,26,30)(H,27,31)(H,28,29). The van der Waals surface area contributed by atoms with Crippen molar-refractivity contribution in [3.63, 3.8) is 0 Å². The third kappa shape index (κ3) is 4.20. The molecule has 0 bridgehead atoms. The van der Waals surface area contributed by atoms with Gasteiger partial charge in [-0.15, -0.1) is 0 Å². The molecule has 32 heavy (non-hydrogen) atoms. The molecule has 0 heterocycles. The van der Waals surface area contributed by atoms with Gasteiger partial charge < -0.3 is 20.5 Å². The average Bonchev–Trinajstić information content (AvgIpc) is 3.04. The van der Waals surface area contributed by atoms with E-state index in [1.807, 2.05) is 36.4 Å². The van der Waals surface area contributed by atoms with E-state index in [2.05, 4.69) is 22.8 Å². The first-order valence-corrected chi connectivity index (χ1v) is 10.9. The third-order valence-corrected chi connectivity index (χ3v) is 6.50. The molecule has 2 amide bonds. The van der Waals surface area contributed by atoms with E-state index in [-0.39, 0.29) is 18.4 Å². The van der Waals surface area contributed by atoms with E-state index in [4.69, 9.17) is 4.74 Å². The minimum Gasteiger partial charge on any atom is -0.480 e. The molecule has 0 aliphatic heterocycles. The molecule has 7 nitrogen and oxygen atoms in total. The Kier molecular flexibility index (Phi) is 5.91. The predicted molar refractivity (Wildman–Crippen MR) is 119 cm³/mol. The predicted octanol–water partition coefficient (Wildman–Crippen LogP) is 3.67. The SMILES string of the molecule is CC(C)(NC(=O)OCC1c2ccccc2-c2ccccc21)C(=O)NC(C(=O)O)C1CCC1. The number of hydrogen-bond donors (Lipinski definition) is 3. The fourth-order valence-corrected chi connectivity index (χ4v) is 4.42. The van der Waals surface area contributed by atoms with E-state index in [9.17, 15) is 19.5 Å². The van der Waals surface area contributed by atoms with Gasteiger partial charge in [0.1, 0.15) is 18.2 Å². The average molecular weight is 437 g/mol. The van der Waals surface area contributed by atoms with Crippen molar-refractivity contribution >= 4 is 18.0 Å².